The molecular weight excluding hydrogens is 518 g/mol. The lowest BCUT2D eigenvalue weighted by Crippen LogP contribution is -2.45. The van der Waals surface area contributed by atoms with Crippen LogP contribution in [-0.4, -0.2) is 34.9 Å². The van der Waals surface area contributed by atoms with Crippen LogP contribution in [0.1, 0.15) is 181 Å². The second-order valence-electron chi connectivity index (χ2n) is 12.3. The second-order valence-corrected chi connectivity index (χ2v) is 12.3. The van der Waals surface area contributed by atoms with E-state index in [0.717, 1.165) is 44.9 Å². The van der Waals surface area contributed by atoms with Crippen molar-refractivity contribution in [3.05, 3.63) is 36.5 Å². The summed E-state index contributed by atoms with van der Waals surface area (Å²) in [6.07, 6.45) is 43.3. The van der Waals surface area contributed by atoms with Crippen molar-refractivity contribution in [1.82, 2.24) is 5.32 Å². The molecular formula is C38H71NO3. The predicted octanol–water partition coefficient (Wildman–Crippen LogP) is 10.7. The van der Waals surface area contributed by atoms with E-state index in [1.807, 2.05) is 0 Å². The number of carbonyl (C=O) groups excluding carboxylic acids is 1. The molecule has 2 unspecified atom stereocenters. The van der Waals surface area contributed by atoms with Crippen LogP contribution in [0.2, 0.25) is 0 Å². The molecule has 0 saturated heterocycles. The third kappa shape index (κ3) is 30.1. The van der Waals surface area contributed by atoms with Gasteiger partial charge in [0.2, 0.25) is 5.91 Å². The van der Waals surface area contributed by atoms with E-state index in [4.69, 9.17) is 0 Å². The average molecular weight is 590 g/mol. The van der Waals surface area contributed by atoms with Crippen molar-refractivity contribution in [2.45, 2.75) is 193 Å². The molecule has 0 aliphatic heterocycles. The summed E-state index contributed by atoms with van der Waals surface area (Å²) < 4.78 is 0. The van der Waals surface area contributed by atoms with Crippen LogP contribution in [0.15, 0.2) is 36.5 Å². The van der Waals surface area contributed by atoms with Crippen LogP contribution in [0.25, 0.3) is 0 Å². The van der Waals surface area contributed by atoms with Crippen molar-refractivity contribution in [2.75, 3.05) is 6.61 Å². The maximum atomic E-state index is 12.3. The van der Waals surface area contributed by atoms with Crippen LogP contribution >= 0.6 is 0 Å². The molecule has 0 saturated carbocycles. The Hall–Kier alpha value is -1.39. The Morgan fingerprint density at radius 3 is 1.57 bits per heavy atom. The molecule has 0 aliphatic carbocycles. The third-order valence-electron chi connectivity index (χ3n) is 8.17. The van der Waals surface area contributed by atoms with Crippen molar-refractivity contribution >= 4 is 5.91 Å². The van der Waals surface area contributed by atoms with Gasteiger partial charge in [0.15, 0.2) is 0 Å². The summed E-state index contributed by atoms with van der Waals surface area (Å²) in [5.74, 6) is -0.0440. The number of hydrogen-bond acceptors (Lipinski definition) is 3. The van der Waals surface area contributed by atoms with Gasteiger partial charge in [-0.2, -0.15) is 0 Å². The van der Waals surface area contributed by atoms with Gasteiger partial charge in [-0.05, 0) is 44.9 Å². The Balaban J connectivity index is 3.59. The van der Waals surface area contributed by atoms with Crippen LogP contribution in [-0.2, 0) is 4.79 Å². The minimum Gasteiger partial charge on any atom is -0.394 e. The number of aliphatic hydroxyl groups is 2. The lowest BCUT2D eigenvalue weighted by Gasteiger charge is -2.22. The van der Waals surface area contributed by atoms with Gasteiger partial charge in [0.1, 0.15) is 0 Å². The molecule has 0 radical (unpaired) electrons. The zero-order valence-electron chi connectivity index (χ0n) is 28.0. The minimum atomic E-state index is -0.661. The van der Waals surface area contributed by atoms with Crippen LogP contribution in [0.5, 0.6) is 0 Å². The topological polar surface area (TPSA) is 69.6 Å². The van der Waals surface area contributed by atoms with E-state index < -0.39 is 12.1 Å². The molecule has 4 nitrogen and oxygen atoms in total. The van der Waals surface area contributed by atoms with Gasteiger partial charge in [0.05, 0.1) is 18.8 Å². The molecule has 0 aromatic heterocycles. The zero-order chi connectivity index (χ0) is 30.8. The van der Waals surface area contributed by atoms with Gasteiger partial charge in [-0.25, -0.2) is 0 Å². The molecule has 42 heavy (non-hydrogen) atoms. The van der Waals surface area contributed by atoms with Crippen molar-refractivity contribution in [1.29, 1.82) is 0 Å². The van der Waals surface area contributed by atoms with E-state index in [9.17, 15) is 15.0 Å². The Kier molecular flexibility index (Phi) is 33.0. The van der Waals surface area contributed by atoms with Gasteiger partial charge in [0, 0.05) is 6.42 Å². The highest BCUT2D eigenvalue weighted by molar-refractivity contribution is 5.76. The monoisotopic (exact) mass is 590 g/mol. The molecule has 0 spiro atoms. The Labute approximate surface area is 261 Å². The number of allylic oxidation sites excluding steroid dienone is 6. The highest BCUT2D eigenvalue weighted by Gasteiger charge is 2.19. The molecule has 0 aromatic carbocycles. The Bertz CT molecular complexity index is 642. The van der Waals surface area contributed by atoms with Gasteiger partial charge in [0.25, 0.3) is 0 Å². The minimum absolute atomic E-state index is 0.0440. The van der Waals surface area contributed by atoms with Crippen molar-refractivity contribution in [3.63, 3.8) is 0 Å². The highest BCUT2D eigenvalue weighted by atomic mass is 16.3. The number of aliphatic hydroxyl groups excluding tert-OH is 2. The molecule has 246 valence electrons. The average Bonchev–Trinajstić information content (AvgIpc) is 2.99. The Morgan fingerprint density at radius 2 is 1.05 bits per heavy atom. The lowest BCUT2D eigenvalue weighted by atomic mass is 10.0. The van der Waals surface area contributed by atoms with Gasteiger partial charge >= 0.3 is 0 Å². The molecule has 4 heteroatoms. The predicted molar refractivity (Wildman–Crippen MR) is 184 cm³/mol. The van der Waals surface area contributed by atoms with Crippen LogP contribution in [0, 0.1) is 0 Å². The van der Waals surface area contributed by atoms with E-state index in [0.29, 0.717) is 12.8 Å². The van der Waals surface area contributed by atoms with Gasteiger partial charge in [-0.3, -0.25) is 4.79 Å². The lowest BCUT2D eigenvalue weighted by molar-refractivity contribution is -0.123. The summed E-state index contributed by atoms with van der Waals surface area (Å²) in [6.45, 7) is 4.23. The van der Waals surface area contributed by atoms with Gasteiger partial charge in [-0.1, -0.05) is 166 Å². The molecule has 2 atom stereocenters. The van der Waals surface area contributed by atoms with Crippen molar-refractivity contribution < 1.29 is 15.0 Å². The van der Waals surface area contributed by atoms with E-state index in [1.165, 1.54) is 109 Å². The molecule has 0 heterocycles. The standard InChI is InChI=1S/C38H71NO3/c1-3-5-7-9-11-13-15-17-18-19-20-22-24-26-28-30-32-34-38(42)39-36(35-40)37(41)33-31-29-27-25-23-21-16-14-12-10-8-6-4-2/h5,7,11,13,17-18,36-37,40-41H,3-4,6,8-10,12,14-16,19-35H2,1-2H3,(H,39,42)/b7-5-,13-11-,18-17-. The molecule has 0 aliphatic rings. The number of nitrogens with one attached hydrogen (secondary N) is 1. The summed E-state index contributed by atoms with van der Waals surface area (Å²) in [4.78, 5) is 12.3. The fraction of sp³-hybridized carbons (Fsp3) is 0.816. The quantitative estimate of drug-likeness (QED) is 0.0540. The summed E-state index contributed by atoms with van der Waals surface area (Å²) in [5.41, 5.74) is 0. The summed E-state index contributed by atoms with van der Waals surface area (Å²) in [7, 11) is 0. The van der Waals surface area contributed by atoms with E-state index in [-0.39, 0.29) is 12.5 Å². The molecule has 0 aromatic rings. The first-order valence-electron chi connectivity index (χ1n) is 18.2. The van der Waals surface area contributed by atoms with E-state index in [1.54, 1.807) is 0 Å². The maximum Gasteiger partial charge on any atom is 0.220 e. The van der Waals surface area contributed by atoms with Crippen molar-refractivity contribution in [2.24, 2.45) is 0 Å². The van der Waals surface area contributed by atoms with E-state index in [2.05, 4.69) is 55.6 Å². The fourth-order valence-electron chi connectivity index (χ4n) is 5.37. The van der Waals surface area contributed by atoms with Crippen LogP contribution in [0.3, 0.4) is 0 Å². The fourth-order valence-corrected chi connectivity index (χ4v) is 5.37. The second kappa shape index (κ2) is 34.1. The number of amides is 1. The number of rotatable bonds is 32. The smallest absolute Gasteiger partial charge is 0.220 e. The first kappa shape index (κ1) is 40.6. The normalized spacial score (nSPS) is 13.5. The summed E-state index contributed by atoms with van der Waals surface area (Å²) in [6, 6.07) is -0.539. The summed E-state index contributed by atoms with van der Waals surface area (Å²) >= 11 is 0. The molecule has 0 bridgehead atoms. The molecule has 1 amide bonds. The van der Waals surface area contributed by atoms with Gasteiger partial charge in [-0.15, -0.1) is 0 Å². The number of unbranched alkanes of at least 4 members (excludes halogenated alkanes) is 19. The molecule has 3 N–H and O–H groups in total. The van der Waals surface area contributed by atoms with Crippen LogP contribution < -0.4 is 5.32 Å². The zero-order valence-corrected chi connectivity index (χ0v) is 28.0. The number of hydrogen-bond donors (Lipinski definition) is 3. The van der Waals surface area contributed by atoms with Crippen molar-refractivity contribution in [3.8, 4) is 0 Å². The Morgan fingerprint density at radius 1 is 0.595 bits per heavy atom. The molecule has 0 rings (SSSR count). The number of carbonyl (C=O) groups is 1. The third-order valence-corrected chi connectivity index (χ3v) is 8.17. The van der Waals surface area contributed by atoms with E-state index >= 15 is 0 Å². The summed E-state index contributed by atoms with van der Waals surface area (Å²) in [5, 5.41) is 23.0. The highest BCUT2D eigenvalue weighted by Crippen LogP contribution is 2.15. The maximum absolute atomic E-state index is 12.3. The largest absolute Gasteiger partial charge is 0.394 e. The first-order chi connectivity index (χ1) is 20.7. The SMILES string of the molecule is CC/C=C\C/C=C\C/C=C\CCCCCCCCCC(=O)NC(CO)C(O)CCCCCCCCCCCCCCC. The molecule has 0 fully saturated rings. The van der Waals surface area contributed by atoms with Crippen LogP contribution in [0.4, 0.5) is 0 Å². The van der Waals surface area contributed by atoms with Gasteiger partial charge < -0.3 is 15.5 Å². The first-order valence-corrected chi connectivity index (χ1v) is 18.2.